The molecule has 1 fully saturated rings. The fourth-order valence-corrected chi connectivity index (χ4v) is 2.19. The molecule has 1 aliphatic heterocycles. The summed E-state index contributed by atoms with van der Waals surface area (Å²) in [5.41, 5.74) is 5.92. The number of likely N-dealkylation sites (N-methyl/N-ethyl adjacent to an activating group) is 1. The summed E-state index contributed by atoms with van der Waals surface area (Å²) in [6.07, 6.45) is 5.28. The Morgan fingerprint density at radius 1 is 1.53 bits per heavy atom. The zero-order chi connectivity index (χ0) is 12.7. The van der Waals surface area contributed by atoms with Gasteiger partial charge in [0.05, 0.1) is 12.1 Å². The lowest BCUT2D eigenvalue weighted by Crippen LogP contribution is -2.46. The first-order valence-electron chi connectivity index (χ1n) is 6.85. The molecule has 0 radical (unpaired) electrons. The van der Waals surface area contributed by atoms with Gasteiger partial charge in [0, 0.05) is 19.7 Å². The number of hydrogen-bond acceptors (Lipinski definition) is 3. The van der Waals surface area contributed by atoms with Crippen LogP contribution in [0.3, 0.4) is 0 Å². The lowest BCUT2D eigenvalue weighted by Gasteiger charge is -2.26. The summed E-state index contributed by atoms with van der Waals surface area (Å²) in [5, 5.41) is 0. The Labute approximate surface area is 104 Å². The number of hydrogen-bond donors (Lipinski definition) is 1. The van der Waals surface area contributed by atoms with Crippen molar-refractivity contribution in [1.82, 2.24) is 4.90 Å². The second-order valence-electron chi connectivity index (χ2n) is 4.76. The van der Waals surface area contributed by atoms with Crippen molar-refractivity contribution >= 4 is 5.91 Å². The van der Waals surface area contributed by atoms with Gasteiger partial charge < -0.3 is 15.4 Å². The van der Waals surface area contributed by atoms with Crippen LogP contribution in [-0.2, 0) is 9.53 Å². The Morgan fingerprint density at radius 3 is 2.82 bits per heavy atom. The molecule has 4 heteroatoms. The number of carbonyl (C=O) groups excluding carboxylic acids is 1. The van der Waals surface area contributed by atoms with E-state index in [4.69, 9.17) is 10.5 Å². The van der Waals surface area contributed by atoms with Crippen LogP contribution in [0.4, 0.5) is 0 Å². The molecule has 1 saturated heterocycles. The van der Waals surface area contributed by atoms with E-state index in [0.717, 1.165) is 45.3 Å². The van der Waals surface area contributed by atoms with Gasteiger partial charge in [-0.05, 0) is 26.2 Å². The molecule has 0 aromatic carbocycles. The van der Waals surface area contributed by atoms with Gasteiger partial charge in [0.1, 0.15) is 0 Å². The van der Waals surface area contributed by atoms with E-state index < -0.39 is 0 Å². The maximum absolute atomic E-state index is 12.1. The first-order chi connectivity index (χ1) is 8.19. The third-order valence-corrected chi connectivity index (χ3v) is 3.33. The Kier molecular flexibility index (Phi) is 6.52. The summed E-state index contributed by atoms with van der Waals surface area (Å²) >= 11 is 0. The summed E-state index contributed by atoms with van der Waals surface area (Å²) in [7, 11) is 0. The summed E-state index contributed by atoms with van der Waals surface area (Å²) in [6, 6.07) is -0.337. The van der Waals surface area contributed by atoms with Crippen LogP contribution in [0.15, 0.2) is 0 Å². The van der Waals surface area contributed by atoms with Crippen LogP contribution in [0.25, 0.3) is 0 Å². The van der Waals surface area contributed by atoms with Gasteiger partial charge in [-0.3, -0.25) is 4.79 Å². The van der Waals surface area contributed by atoms with Crippen molar-refractivity contribution in [3.05, 3.63) is 0 Å². The Hall–Kier alpha value is -0.610. The zero-order valence-electron chi connectivity index (χ0n) is 11.2. The highest BCUT2D eigenvalue weighted by molar-refractivity contribution is 5.81. The first kappa shape index (κ1) is 14.5. The molecule has 0 saturated carbocycles. The first-order valence-corrected chi connectivity index (χ1v) is 6.85. The molecule has 2 atom stereocenters. The predicted octanol–water partition coefficient (Wildman–Crippen LogP) is 1.53. The van der Waals surface area contributed by atoms with E-state index in [0.29, 0.717) is 6.54 Å². The lowest BCUT2D eigenvalue weighted by atomic mass is 10.1. The molecule has 4 nitrogen and oxygen atoms in total. The van der Waals surface area contributed by atoms with E-state index in [1.54, 1.807) is 0 Å². The minimum Gasteiger partial charge on any atom is -0.376 e. The van der Waals surface area contributed by atoms with Crippen molar-refractivity contribution in [2.45, 2.75) is 58.1 Å². The van der Waals surface area contributed by atoms with Crippen LogP contribution in [0.5, 0.6) is 0 Å². The monoisotopic (exact) mass is 242 g/mol. The van der Waals surface area contributed by atoms with Crippen LogP contribution in [0, 0.1) is 0 Å². The maximum Gasteiger partial charge on any atom is 0.239 e. The van der Waals surface area contributed by atoms with Crippen LogP contribution in [0.2, 0.25) is 0 Å². The molecule has 1 amide bonds. The summed E-state index contributed by atoms with van der Waals surface area (Å²) in [4.78, 5) is 14.0. The second-order valence-corrected chi connectivity index (χ2v) is 4.76. The Balaban J connectivity index is 2.39. The number of unbranched alkanes of at least 4 members (excludes halogenated alkanes) is 1. The predicted molar refractivity (Wildman–Crippen MR) is 68.7 cm³/mol. The van der Waals surface area contributed by atoms with E-state index in [1.165, 1.54) is 0 Å². The van der Waals surface area contributed by atoms with Gasteiger partial charge in [-0.15, -0.1) is 0 Å². The summed E-state index contributed by atoms with van der Waals surface area (Å²) < 4.78 is 5.56. The molecule has 0 bridgehead atoms. The van der Waals surface area contributed by atoms with E-state index in [9.17, 15) is 4.79 Å². The van der Waals surface area contributed by atoms with Gasteiger partial charge in [-0.2, -0.15) is 0 Å². The third kappa shape index (κ3) is 4.64. The average Bonchev–Trinajstić information content (AvgIpc) is 2.84. The molecule has 2 N–H and O–H groups in total. The molecule has 0 aliphatic carbocycles. The van der Waals surface area contributed by atoms with Crippen LogP contribution in [0.1, 0.15) is 46.0 Å². The number of amides is 1. The molecule has 17 heavy (non-hydrogen) atoms. The highest BCUT2D eigenvalue weighted by Crippen LogP contribution is 2.14. The number of rotatable bonds is 7. The Morgan fingerprint density at radius 2 is 2.29 bits per heavy atom. The topological polar surface area (TPSA) is 55.6 Å². The fraction of sp³-hybridized carbons (Fsp3) is 0.923. The van der Waals surface area contributed by atoms with Crippen molar-refractivity contribution in [3.63, 3.8) is 0 Å². The average molecular weight is 242 g/mol. The zero-order valence-corrected chi connectivity index (χ0v) is 11.2. The van der Waals surface area contributed by atoms with Crippen molar-refractivity contribution in [2.24, 2.45) is 5.73 Å². The summed E-state index contributed by atoms with van der Waals surface area (Å²) in [5.74, 6) is 0.0800. The lowest BCUT2D eigenvalue weighted by molar-refractivity contribution is -0.134. The summed E-state index contributed by atoms with van der Waals surface area (Å²) in [6.45, 7) is 6.37. The maximum atomic E-state index is 12.1. The number of carbonyl (C=O) groups is 1. The number of ether oxygens (including phenoxy) is 1. The van der Waals surface area contributed by atoms with Gasteiger partial charge in [-0.25, -0.2) is 0 Å². The van der Waals surface area contributed by atoms with Crippen molar-refractivity contribution in [2.75, 3.05) is 19.7 Å². The quantitative estimate of drug-likeness (QED) is 0.736. The number of nitrogens with two attached hydrogens (primary N) is 1. The third-order valence-electron chi connectivity index (χ3n) is 3.33. The number of nitrogens with zero attached hydrogens (tertiary/aromatic N) is 1. The molecule has 100 valence electrons. The molecule has 0 aromatic heterocycles. The Bertz CT molecular complexity index is 227. The molecular formula is C13H26N2O2. The highest BCUT2D eigenvalue weighted by atomic mass is 16.5. The van der Waals surface area contributed by atoms with Gasteiger partial charge in [0.25, 0.3) is 0 Å². The van der Waals surface area contributed by atoms with Crippen LogP contribution >= 0.6 is 0 Å². The highest BCUT2D eigenvalue weighted by Gasteiger charge is 2.24. The van der Waals surface area contributed by atoms with E-state index in [-0.39, 0.29) is 18.1 Å². The van der Waals surface area contributed by atoms with Gasteiger partial charge >= 0.3 is 0 Å². The minimum atomic E-state index is -0.337. The van der Waals surface area contributed by atoms with E-state index in [2.05, 4.69) is 6.92 Å². The molecule has 1 rings (SSSR count). The van der Waals surface area contributed by atoms with Crippen molar-refractivity contribution < 1.29 is 9.53 Å². The van der Waals surface area contributed by atoms with Crippen molar-refractivity contribution in [3.8, 4) is 0 Å². The standard InChI is InChI=1S/C13H26N2O2/c1-3-5-8-12(14)13(16)15(4-2)10-11-7-6-9-17-11/h11-12H,3-10,14H2,1-2H3/t11?,12-/m0/s1. The van der Waals surface area contributed by atoms with Gasteiger partial charge in [0.2, 0.25) is 5.91 Å². The van der Waals surface area contributed by atoms with Crippen LogP contribution in [-0.4, -0.2) is 42.6 Å². The van der Waals surface area contributed by atoms with Gasteiger partial charge in [-0.1, -0.05) is 19.8 Å². The smallest absolute Gasteiger partial charge is 0.239 e. The molecule has 0 spiro atoms. The molecule has 1 unspecified atom stereocenters. The van der Waals surface area contributed by atoms with E-state index >= 15 is 0 Å². The SMILES string of the molecule is CCCC[C@H](N)C(=O)N(CC)CC1CCCO1. The molecular weight excluding hydrogens is 216 g/mol. The molecule has 1 heterocycles. The minimum absolute atomic E-state index is 0.0800. The fourth-order valence-electron chi connectivity index (χ4n) is 2.19. The van der Waals surface area contributed by atoms with E-state index in [1.807, 2.05) is 11.8 Å². The van der Waals surface area contributed by atoms with Crippen LogP contribution < -0.4 is 5.73 Å². The van der Waals surface area contributed by atoms with Crippen molar-refractivity contribution in [1.29, 1.82) is 0 Å². The van der Waals surface area contributed by atoms with Gasteiger partial charge in [0.15, 0.2) is 0 Å². The largest absolute Gasteiger partial charge is 0.376 e. The second kappa shape index (κ2) is 7.67. The molecule has 0 aromatic rings. The molecule has 1 aliphatic rings. The normalized spacial score (nSPS) is 21.5.